The summed E-state index contributed by atoms with van der Waals surface area (Å²) in [6.07, 6.45) is 1.51. The minimum atomic E-state index is 0.174. The van der Waals surface area contributed by atoms with Crippen LogP contribution in [0.2, 0.25) is 0 Å². The Morgan fingerprint density at radius 1 is 1.24 bits per heavy atom. The van der Waals surface area contributed by atoms with Crippen molar-refractivity contribution < 1.29 is 14.2 Å². The summed E-state index contributed by atoms with van der Waals surface area (Å²) in [5.74, 6) is 0.174. The average molecular weight is 240 g/mol. The summed E-state index contributed by atoms with van der Waals surface area (Å²) in [7, 11) is 1.63. The molecular formula is C10H16N4O3. The van der Waals surface area contributed by atoms with Crippen molar-refractivity contribution in [1.82, 2.24) is 14.8 Å². The molecule has 1 aromatic heterocycles. The van der Waals surface area contributed by atoms with Gasteiger partial charge in [0.15, 0.2) is 0 Å². The second-order valence-corrected chi connectivity index (χ2v) is 3.16. The van der Waals surface area contributed by atoms with Crippen molar-refractivity contribution >= 4 is 0 Å². The van der Waals surface area contributed by atoms with Crippen molar-refractivity contribution in [3.05, 3.63) is 12.2 Å². The molecular weight excluding hydrogens is 224 g/mol. The van der Waals surface area contributed by atoms with Gasteiger partial charge in [-0.2, -0.15) is 5.26 Å². The summed E-state index contributed by atoms with van der Waals surface area (Å²) in [4.78, 5) is 3.78. The third-order valence-corrected chi connectivity index (χ3v) is 1.91. The Bertz CT molecular complexity index is 348. The fourth-order valence-corrected chi connectivity index (χ4v) is 1.08. The van der Waals surface area contributed by atoms with Crippen LogP contribution in [0.1, 0.15) is 5.82 Å². The molecule has 0 atom stereocenters. The smallest absolute Gasteiger partial charge is 0.252 e. The maximum absolute atomic E-state index is 8.52. The van der Waals surface area contributed by atoms with Crippen LogP contribution in [0.5, 0.6) is 0 Å². The summed E-state index contributed by atoms with van der Waals surface area (Å²) >= 11 is 0. The molecule has 0 aliphatic rings. The number of ether oxygens (including phenoxy) is 3. The lowest BCUT2D eigenvalue weighted by atomic mass is 10.6. The first-order chi connectivity index (χ1) is 8.36. The van der Waals surface area contributed by atoms with E-state index in [0.29, 0.717) is 39.6 Å². The van der Waals surface area contributed by atoms with Crippen molar-refractivity contribution in [2.24, 2.45) is 0 Å². The Morgan fingerprint density at radius 3 is 2.59 bits per heavy atom. The van der Waals surface area contributed by atoms with E-state index in [0.717, 1.165) is 0 Å². The lowest BCUT2D eigenvalue weighted by Gasteiger charge is -2.05. The molecule has 7 heteroatoms. The van der Waals surface area contributed by atoms with Gasteiger partial charge in [0, 0.05) is 7.11 Å². The van der Waals surface area contributed by atoms with E-state index in [2.05, 4.69) is 10.1 Å². The summed E-state index contributed by atoms with van der Waals surface area (Å²) in [6, 6.07) is 1.86. The second kappa shape index (κ2) is 8.64. The molecule has 0 saturated heterocycles. The zero-order valence-electron chi connectivity index (χ0n) is 9.83. The van der Waals surface area contributed by atoms with E-state index >= 15 is 0 Å². The van der Waals surface area contributed by atoms with Crippen LogP contribution >= 0.6 is 0 Å². The highest BCUT2D eigenvalue weighted by molar-refractivity contribution is 5.05. The van der Waals surface area contributed by atoms with E-state index in [4.69, 9.17) is 19.5 Å². The number of rotatable bonds is 9. The molecule has 0 bridgehead atoms. The number of aromatic nitrogens is 3. The van der Waals surface area contributed by atoms with E-state index in [1.165, 1.54) is 6.33 Å². The maximum Gasteiger partial charge on any atom is 0.252 e. The summed E-state index contributed by atoms with van der Waals surface area (Å²) in [5, 5.41) is 12.4. The molecule has 0 aliphatic carbocycles. The minimum absolute atomic E-state index is 0.174. The number of hydrogen-bond donors (Lipinski definition) is 0. The van der Waals surface area contributed by atoms with Crippen molar-refractivity contribution in [2.45, 2.75) is 6.54 Å². The van der Waals surface area contributed by atoms with Crippen molar-refractivity contribution in [3.63, 3.8) is 0 Å². The van der Waals surface area contributed by atoms with Gasteiger partial charge in [0.2, 0.25) is 0 Å². The predicted octanol–water partition coefficient (Wildman–Crippen LogP) is -0.171. The molecule has 94 valence electrons. The monoisotopic (exact) mass is 240 g/mol. The van der Waals surface area contributed by atoms with Gasteiger partial charge >= 0.3 is 0 Å². The molecule has 1 rings (SSSR count). The largest absolute Gasteiger partial charge is 0.382 e. The number of methoxy groups -OCH3 is 1. The zero-order valence-corrected chi connectivity index (χ0v) is 9.83. The van der Waals surface area contributed by atoms with Gasteiger partial charge in [-0.1, -0.05) is 0 Å². The quantitative estimate of drug-likeness (QED) is 0.557. The summed E-state index contributed by atoms with van der Waals surface area (Å²) < 4.78 is 16.9. The van der Waals surface area contributed by atoms with Crippen LogP contribution in [0.4, 0.5) is 0 Å². The number of nitriles is 1. The Labute approximate surface area is 99.9 Å². The van der Waals surface area contributed by atoms with Crippen LogP contribution in [0.3, 0.4) is 0 Å². The topological polar surface area (TPSA) is 82.2 Å². The number of nitrogens with zero attached hydrogens (tertiary/aromatic N) is 4. The highest BCUT2D eigenvalue weighted by Crippen LogP contribution is 1.88. The molecule has 0 fully saturated rings. The molecule has 1 aromatic rings. The van der Waals surface area contributed by atoms with Crippen molar-refractivity contribution in [1.29, 1.82) is 5.26 Å². The predicted molar refractivity (Wildman–Crippen MR) is 58.3 cm³/mol. The normalized spacial score (nSPS) is 10.4. The molecule has 0 aliphatic heterocycles. The fraction of sp³-hybridized carbons (Fsp3) is 0.700. The lowest BCUT2D eigenvalue weighted by Crippen LogP contribution is -2.12. The SMILES string of the molecule is COCCOCCOCCn1cnc(C#N)n1. The zero-order chi connectivity index (χ0) is 12.3. The molecule has 0 aromatic carbocycles. The van der Waals surface area contributed by atoms with Gasteiger partial charge in [0.1, 0.15) is 12.4 Å². The highest BCUT2D eigenvalue weighted by atomic mass is 16.5. The first-order valence-electron chi connectivity index (χ1n) is 5.31. The van der Waals surface area contributed by atoms with E-state index in [1.54, 1.807) is 11.8 Å². The number of hydrogen-bond acceptors (Lipinski definition) is 6. The second-order valence-electron chi connectivity index (χ2n) is 3.16. The van der Waals surface area contributed by atoms with Gasteiger partial charge in [-0.3, -0.25) is 0 Å². The molecule has 0 radical (unpaired) electrons. The molecule has 7 nitrogen and oxygen atoms in total. The molecule has 0 spiro atoms. The first kappa shape index (κ1) is 13.6. The van der Waals surface area contributed by atoms with Gasteiger partial charge in [-0.05, 0) is 0 Å². The van der Waals surface area contributed by atoms with E-state index < -0.39 is 0 Å². The fourth-order valence-electron chi connectivity index (χ4n) is 1.08. The average Bonchev–Trinajstić information content (AvgIpc) is 2.80. The Kier molecular flexibility index (Phi) is 6.90. The third kappa shape index (κ3) is 5.97. The molecule has 1 heterocycles. The Balaban J connectivity index is 1.95. The van der Waals surface area contributed by atoms with Gasteiger partial charge in [-0.15, -0.1) is 5.10 Å². The third-order valence-electron chi connectivity index (χ3n) is 1.91. The van der Waals surface area contributed by atoms with Gasteiger partial charge in [0.25, 0.3) is 5.82 Å². The Morgan fingerprint density at radius 2 is 1.94 bits per heavy atom. The minimum Gasteiger partial charge on any atom is -0.382 e. The van der Waals surface area contributed by atoms with Crippen molar-refractivity contribution in [3.8, 4) is 6.07 Å². The van der Waals surface area contributed by atoms with E-state index in [-0.39, 0.29) is 5.82 Å². The van der Waals surface area contributed by atoms with Gasteiger partial charge in [0.05, 0.1) is 39.6 Å². The molecule has 0 N–H and O–H groups in total. The van der Waals surface area contributed by atoms with Crippen LogP contribution < -0.4 is 0 Å². The van der Waals surface area contributed by atoms with Crippen LogP contribution in [-0.4, -0.2) is 54.9 Å². The molecule has 0 unspecified atom stereocenters. The van der Waals surface area contributed by atoms with Crippen LogP contribution in [0, 0.1) is 11.3 Å². The standard InChI is InChI=1S/C10H16N4O3/c1-15-4-5-17-7-6-16-3-2-14-9-12-10(8-11)13-14/h9H,2-7H2,1H3. The highest BCUT2D eigenvalue weighted by Gasteiger charge is 1.98. The van der Waals surface area contributed by atoms with Gasteiger partial charge in [-0.25, -0.2) is 9.67 Å². The van der Waals surface area contributed by atoms with Crippen LogP contribution in [0.25, 0.3) is 0 Å². The van der Waals surface area contributed by atoms with Gasteiger partial charge < -0.3 is 14.2 Å². The summed E-state index contributed by atoms with van der Waals surface area (Å²) in [6.45, 7) is 3.34. The molecule has 17 heavy (non-hydrogen) atoms. The first-order valence-corrected chi connectivity index (χ1v) is 5.31. The Hall–Kier alpha value is -1.49. The van der Waals surface area contributed by atoms with E-state index in [1.807, 2.05) is 6.07 Å². The molecule has 0 amide bonds. The van der Waals surface area contributed by atoms with Crippen molar-refractivity contribution in [2.75, 3.05) is 40.1 Å². The van der Waals surface area contributed by atoms with Crippen LogP contribution in [-0.2, 0) is 20.8 Å². The lowest BCUT2D eigenvalue weighted by molar-refractivity contribution is 0.0225. The maximum atomic E-state index is 8.52. The van der Waals surface area contributed by atoms with Crippen LogP contribution in [0.15, 0.2) is 6.33 Å². The molecule has 0 saturated carbocycles. The summed E-state index contributed by atoms with van der Waals surface area (Å²) in [5.41, 5.74) is 0. The van der Waals surface area contributed by atoms with E-state index in [9.17, 15) is 0 Å².